The van der Waals surface area contributed by atoms with Crippen molar-refractivity contribution >= 4 is 33.3 Å². The van der Waals surface area contributed by atoms with Gasteiger partial charge in [0.25, 0.3) is 5.91 Å². The maximum Gasteiger partial charge on any atom is 0.290 e. The molecule has 0 aliphatic carbocycles. The van der Waals surface area contributed by atoms with E-state index in [2.05, 4.69) is 21.2 Å². The molecular formula is C21H18BrClN2O2. The second-order valence-corrected chi connectivity index (χ2v) is 6.82. The van der Waals surface area contributed by atoms with Gasteiger partial charge in [0.15, 0.2) is 18.2 Å². The molecule has 0 aliphatic rings. The van der Waals surface area contributed by atoms with Crippen molar-refractivity contribution in [3.63, 3.8) is 0 Å². The second kappa shape index (κ2) is 9.44. The molecule has 1 amide bonds. The number of pyridine rings is 1. The van der Waals surface area contributed by atoms with E-state index >= 15 is 0 Å². The fourth-order valence-electron chi connectivity index (χ4n) is 2.56. The maximum atomic E-state index is 12.4. The number of benzene rings is 2. The molecule has 2 aromatic carbocycles. The number of aromatic nitrogens is 1. The van der Waals surface area contributed by atoms with E-state index in [1.165, 1.54) is 0 Å². The first-order chi connectivity index (χ1) is 12.5. The largest absolute Gasteiger partial charge is 1.00 e. The third kappa shape index (κ3) is 5.49. The number of hydrogen-bond acceptors (Lipinski definition) is 2. The van der Waals surface area contributed by atoms with Gasteiger partial charge in [-0.3, -0.25) is 9.59 Å². The van der Waals surface area contributed by atoms with Crippen molar-refractivity contribution in [1.29, 1.82) is 0 Å². The summed E-state index contributed by atoms with van der Waals surface area (Å²) in [5.74, 6) is -0.161. The number of ketones is 1. The summed E-state index contributed by atoms with van der Waals surface area (Å²) in [6.07, 6.45) is 3.48. The molecule has 0 atom stereocenters. The van der Waals surface area contributed by atoms with Crippen LogP contribution >= 0.6 is 15.9 Å². The van der Waals surface area contributed by atoms with Gasteiger partial charge in [0.2, 0.25) is 6.54 Å². The highest BCUT2D eigenvalue weighted by Crippen LogP contribution is 2.19. The lowest BCUT2D eigenvalue weighted by Crippen LogP contribution is -3.00. The fourth-order valence-corrected chi connectivity index (χ4v) is 2.81. The van der Waals surface area contributed by atoms with Crippen molar-refractivity contribution in [2.75, 3.05) is 5.32 Å². The molecule has 27 heavy (non-hydrogen) atoms. The Morgan fingerprint density at radius 3 is 2.22 bits per heavy atom. The molecule has 0 fully saturated rings. The molecule has 1 aromatic heterocycles. The molecule has 0 bridgehead atoms. The summed E-state index contributed by atoms with van der Waals surface area (Å²) in [5.41, 5.74) is 3.05. The van der Waals surface area contributed by atoms with Crippen molar-refractivity contribution in [3.05, 3.63) is 94.2 Å². The average Bonchev–Trinajstić information content (AvgIpc) is 2.65. The third-order valence-corrected chi connectivity index (χ3v) is 4.85. The highest BCUT2D eigenvalue weighted by atomic mass is 79.9. The molecule has 3 rings (SSSR count). The van der Waals surface area contributed by atoms with E-state index < -0.39 is 0 Å². The quantitative estimate of drug-likeness (QED) is 0.469. The predicted octanol–water partition coefficient (Wildman–Crippen LogP) is 0.919. The minimum Gasteiger partial charge on any atom is -1.00 e. The molecule has 0 saturated carbocycles. The van der Waals surface area contributed by atoms with Crippen LogP contribution in [0.4, 0.5) is 5.69 Å². The number of halogens is 2. The minimum atomic E-state index is -0.126. The number of nitrogens with one attached hydrogen (secondary N) is 1. The molecule has 0 radical (unpaired) electrons. The molecule has 0 unspecified atom stereocenters. The van der Waals surface area contributed by atoms with Gasteiger partial charge in [-0.05, 0) is 30.7 Å². The predicted molar refractivity (Wildman–Crippen MR) is 104 cm³/mol. The van der Waals surface area contributed by atoms with Crippen LogP contribution in [0.15, 0.2) is 77.5 Å². The van der Waals surface area contributed by atoms with Crippen LogP contribution in [0.1, 0.15) is 21.5 Å². The number of carbonyl (C=O) groups excluding carboxylic acids is 2. The van der Waals surface area contributed by atoms with Gasteiger partial charge < -0.3 is 17.7 Å². The summed E-state index contributed by atoms with van der Waals surface area (Å²) in [7, 11) is 0. The van der Waals surface area contributed by atoms with E-state index in [4.69, 9.17) is 0 Å². The summed E-state index contributed by atoms with van der Waals surface area (Å²) in [6.45, 7) is 2.14. The van der Waals surface area contributed by atoms with Gasteiger partial charge in [-0.25, -0.2) is 0 Å². The molecule has 0 aliphatic heterocycles. The summed E-state index contributed by atoms with van der Waals surface area (Å²) >= 11 is 3.44. The second-order valence-electron chi connectivity index (χ2n) is 5.97. The minimum absolute atomic E-state index is 0. The Kier molecular flexibility index (Phi) is 7.28. The lowest BCUT2D eigenvalue weighted by Gasteiger charge is -2.06. The normalized spacial score (nSPS) is 10.0. The first kappa shape index (κ1) is 20.8. The molecule has 0 saturated heterocycles. The molecule has 0 spiro atoms. The standard InChI is InChI=1S/C21H17BrN2O2.ClH/c1-15-13-18(7-8-19(15)22)23-20(25)14-24-11-9-17(10-12-24)21(26)16-5-3-2-4-6-16;/h2-13H,14H2,1H3;1H. The van der Waals surface area contributed by atoms with Crippen molar-refractivity contribution < 1.29 is 26.6 Å². The van der Waals surface area contributed by atoms with Crippen LogP contribution in [0, 0.1) is 6.92 Å². The zero-order valence-corrected chi connectivity index (χ0v) is 17.0. The number of amides is 1. The highest BCUT2D eigenvalue weighted by molar-refractivity contribution is 9.10. The topological polar surface area (TPSA) is 50.1 Å². The number of carbonyl (C=O) groups is 2. The summed E-state index contributed by atoms with van der Waals surface area (Å²) in [4.78, 5) is 24.6. The van der Waals surface area contributed by atoms with E-state index in [9.17, 15) is 9.59 Å². The third-order valence-electron chi connectivity index (χ3n) is 3.96. The van der Waals surface area contributed by atoms with E-state index in [1.807, 2.05) is 43.3 Å². The van der Waals surface area contributed by atoms with Crippen molar-refractivity contribution in [3.8, 4) is 0 Å². The van der Waals surface area contributed by atoms with Gasteiger partial charge in [0.05, 0.1) is 0 Å². The zero-order valence-electron chi connectivity index (χ0n) is 14.7. The Balaban J connectivity index is 0.00000261. The van der Waals surface area contributed by atoms with Gasteiger partial charge in [0, 0.05) is 33.4 Å². The van der Waals surface area contributed by atoms with Crippen LogP contribution < -0.4 is 22.3 Å². The van der Waals surface area contributed by atoms with Gasteiger partial charge in [-0.1, -0.05) is 46.3 Å². The Hall–Kier alpha value is -2.50. The summed E-state index contributed by atoms with van der Waals surface area (Å²) in [6, 6.07) is 18.3. The first-order valence-electron chi connectivity index (χ1n) is 8.18. The fraction of sp³-hybridized carbons (Fsp3) is 0.0952. The lowest BCUT2D eigenvalue weighted by atomic mass is 10.0. The van der Waals surface area contributed by atoms with Gasteiger partial charge >= 0.3 is 0 Å². The Morgan fingerprint density at radius 1 is 0.963 bits per heavy atom. The van der Waals surface area contributed by atoms with E-state index in [0.29, 0.717) is 11.1 Å². The highest BCUT2D eigenvalue weighted by Gasteiger charge is 2.13. The van der Waals surface area contributed by atoms with Crippen LogP contribution in [0.2, 0.25) is 0 Å². The number of anilines is 1. The van der Waals surface area contributed by atoms with Gasteiger partial charge in [0.1, 0.15) is 0 Å². The Bertz CT molecular complexity index is 944. The average molecular weight is 446 g/mol. The Morgan fingerprint density at radius 2 is 1.59 bits per heavy atom. The van der Waals surface area contributed by atoms with Crippen molar-refractivity contribution in [2.24, 2.45) is 0 Å². The monoisotopic (exact) mass is 444 g/mol. The van der Waals surface area contributed by atoms with Crippen LogP contribution in [-0.4, -0.2) is 11.7 Å². The van der Waals surface area contributed by atoms with Crippen LogP contribution in [0.5, 0.6) is 0 Å². The molecule has 1 N–H and O–H groups in total. The van der Waals surface area contributed by atoms with E-state index in [-0.39, 0.29) is 30.6 Å². The number of rotatable bonds is 5. The van der Waals surface area contributed by atoms with Crippen molar-refractivity contribution in [1.82, 2.24) is 0 Å². The first-order valence-corrected chi connectivity index (χ1v) is 8.97. The smallest absolute Gasteiger partial charge is 0.290 e. The van der Waals surface area contributed by atoms with Crippen LogP contribution in [0.3, 0.4) is 0 Å². The molecule has 1 heterocycles. The number of nitrogens with zero attached hydrogens (tertiary/aromatic N) is 1. The zero-order chi connectivity index (χ0) is 18.5. The van der Waals surface area contributed by atoms with Crippen LogP contribution in [0.25, 0.3) is 0 Å². The van der Waals surface area contributed by atoms with Crippen molar-refractivity contribution in [2.45, 2.75) is 13.5 Å². The van der Waals surface area contributed by atoms with E-state index in [1.54, 1.807) is 41.2 Å². The van der Waals surface area contributed by atoms with Crippen LogP contribution in [-0.2, 0) is 11.3 Å². The summed E-state index contributed by atoms with van der Waals surface area (Å²) < 4.78 is 2.74. The summed E-state index contributed by atoms with van der Waals surface area (Å²) in [5, 5.41) is 2.87. The maximum absolute atomic E-state index is 12.4. The van der Waals surface area contributed by atoms with Gasteiger partial charge in [-0.2, -0.15) is 4.57 Å². The Labute approximate surface area is 172 Å². The lowest BCUT2D eigenvalue weighted by molar-refractivity contribution is -0.684. The van der Waals surface area contributed by atoms with E-state index in [0.717, 1.165) is 15.7 Å². The number of hydrogen-bond donors (Lipinski definition) is 1. The molecule has 4 nitrogen and oxygen atoms in total. The molecule has 3 aromatic rings. The SMILES string of the molecule is Cc1cc(NC(=O)C[n+]2ccc(C(=O)c3ccccc3)cc2)ccc1Br.[Cl-]. The van der Waals surface area contributed by atoms with Gasteiger partial charge in [-0.15, -0.1) is 0 Å². The molecule has 6 heteroatoms. The molecular weight excluding hydrogens is 428 g/mol. The molecule has 138 valence electrons. The number of aryl methyl sites for hydroxylation is 1.